The van der Waals surface area contributed by atoms with Crippen LogP contribution >= 0.6 is 15.9 Å². The molecule has 0 saturated carbocycles. The molecule has 0 bridgehead atoms. The van der Waals surface area contributed by atoms with E-state index in [-0.39, 0.29) is 6.10 Å². The summed E-state index contributed by atoms with van der Waals surface area (Å²) in [7, 11) is 0. The average Bonchev–Trinajstić information content (AvgIpc) is 2.45. The van der Waals surface area contributed by atoms with Gasteiger partial charge in [-0.15, -0.1) is 0 Å². The summed E-state index contributed by atoms with van der Waals surface area (Å²) < 4.78 is 12.2. The lowest BCUT2D eigenvalue weighted by Crippen LogP contribution is -2.30. The fraction of sp³-hybridized carbons (Fsp3) is 0.333. The summed E-state index contributed by atoms with van der Waals surface area (Å²) in [6, 6.07) is 12.2. The van der Waals surface area contributed by atoms with Crippen LogP contribution in [0.4, 0.5) is 0 Å². The third-order valence-corrected chi connectivity index (χ3v) is 3.74. The molecule has 1 atom stereocenters. The van der Waals surface area contributed by atoms with Crippen molar-refractivity contribution in [3.63, 3.8) is 0 Å². The minimum absolute atomic E-state index is 0.0663. The first-order valence-corrected chi connectivity index (χ1v) is 7.17. The van der Waals surface area contributed by atoms with Crippen molar-refractivity contribution in [3.8, 4) is 5.75 Å². The predicted molar refractivity (Wildman–Crippen MR) is 81.6 cm³/mol. The lowest BCUT2D eigenvalue weighted by Gasteiger charge is -2.17. The molecule has 102 valence electrons. The van der Waals surface area contributed by atoms with Crippen molar-refractivity contribution in [2.24, 2.45) is 5.73 Å². The summed E-state index contributed by atoms with van der Waals surface area (Å²) in [4.78, 5) is 0. The molecule has 0 saturated heterocycles. The van der Waals surface area contributed by atoms with Crippen molar-refractivity contribution in [1.82, 2.24) is 0 Å². The van der Waals surface area contributed by atoms with Gasteiger partial charge < -0.3 is 15.2 Å². The van der Waals surface area contributed by atoms with E-state index in [1.165, 1.54) is 5.39 Å². The summed E-state index contributed by atoms with van der Waals surface area (Å²) in [6.07, 6.45) is -0.0663. The molecule has 1 unspecified atom stereocenters. The zero-order chi connectivity index (χ0) is 13.7. The van der Waals surface area contributed by atoms with Crippen LogP contribution in [0.1, 0.15) is 6.92 Å². The van der Waals surface area contributed by atoms with Gasteiger partial charge in [0.1, 0.15) is 18.5 Å². The van der Waals surface area contributed by atoms with E-state index in [9.17, 15) is 0 Å². The van der Waals surface area contributed by atoms with Gasteiger partial charge in [0.25, 0.3) is 0 Å². The van der Waals surface area contributed by atoms with Crippen LogP contribution in [0.25, 0.3) is 10.8 Å². The summed E-state index contributed by atoms with van der Waals surface area (Å²) in [5.41, 5.74) is 5.63. The molecule has 2 aromatic carbocycles. The molecule has 2 N–H and O–H groups in total. The van der Waals surface area contributed by atoms with Gasteiger partial charge in [-0.05, 0) is 39.7 Å². The molecule has 19 heavy (non-hydrogen) atoms. The second-order valence-corrected chi connectivity index (χ2v) is 5.02. The normalized spacial score (nSPS) is 12.6. The molecule has 0 aromatic heterocycles. The highest BCUT2D eigenvalue weighted by molar-refractivity contribution is 9.10. The van der Waals surface area contributed by atoms with Gasteiger partial charge in [-0.25, -0.2) is 0 Å². The van der Waals surface area contributed by atoms with E-state index in [0.717, 1.165) is 15.6 Å². The smallest absolute Gasteiger partial charge is 0.134 e. The highest BCUT2D eigenvalue weighted by Crippen LogP contribution is 2.33. The van der Waals surface area contributed by atoms with Crippen LogP contribution in [0.5, 0.6) is 5.75 Å². The highest BCUT2D eigenvalue weighted by atomic mass is 79.9. The standard InChI is InChI=1S/C15H18BrNO2/c1-2-18-12(9-17)10-19-14-8-7-11-5-3-4-6-13(11)15(14)16/h3-8,12H,2,9-10,17H2,1H3. The first-order chi connectivity index (χ1) is 9.26. The maximum absolute atomic E-state index is 5.80. The zero-order valence-corrected chi connectivity index (χ0v) is 12.5. The predicted octanol–water partition coefficient (Wildman–Crippen LogP) is 3.34. The third kappa shape index (κ3) is 3.47. The van der Waals surface area contributed by atoms with Gasteiger partial charge in [0.05, 0.1) is 4.47 Å². The molecule has 0 aliphatic carbocycles. The number of fused-ring (bicyclic) bond motifs is 1. The Labute approximate surface area is 121 Å². The maximum atomic E-state index is 5.80. The number of rotatable bonds is 6. The molecule has 4 heteroatoms. The largest absolute Gasteiger partial charge is 0.490 e. The Kier molecular flexibility index (Phi) is 5.19. The second-order valence-electron chi connectivity index (χ2n) is 4.22. The highest BCUT2D eigenvalue weighted by Gasteiger charge is 2.10. The van der Waals surface area contributed by atoms with Crippen molar-refractivity contribution in [2.45, 2.75) is 13.0 Å². The summed E-state index contributed by atoms with van der Waals surface area (Å²) >= 11 is 3.60. The fourth-order valence-corrected chi connectivity index (χ4v) is 2.54. The minimum Gasteiger partial charge on any atom is -0.490 e. The molecule has 2 aromatic rings. The first-order valence-electron chi connectivity index (χ1n) is 6.38. The molecule has 0 aliphatic heterocycles. The molecular formula is C15H18BrNO2. The topological polar surface area (TPSA) is 44.5 Å². The van der Waals surface area contributed by atoms with E-state index in [1.807, 2.05) is 31.2 Å². The molecule has 0 amide bonds. The van der Waals surface area contributed by atoms with Crippen LogP contribution in [0.15, 0.2) is 40.9 Å². The van der Waals surface area contributed by atoms with Gasteiger partial charge in [-0.1, -0.05) is 30.3 Å². The minimum atomic E-state index is -0.0663. The first kappa shape index (κ1) is 14.3. The van der Waals surface area contributed by atoms with Gasteiger partial charge in [0.2, 0.25) is 0 Å². The molecule has 0 heterocycles. The van der Waals surface area contributed by atoms with Crippen LogP contribution in [-0.4, -0.2) is 25.9 Å². The van der Waals surface area contributed by atoms with E-state index in [2.05, 4.69) is 28.1 Å². The van der Waals surface area contributed by atoms with E-state index >= 15 is 0 Å². The quantitative estimate of drug-likeness (QED) is 0.886. The van der Waals surface area contributed by atoms with Gasteiger partial charge in [-0.3, -0.25) is 0 Å². The van der Waals surface area contributed by atoms with Crippen molar-refractivity contribution in [2.75, 3.05) is 19.8 Å². The van der Waals surface area contributed by atoms with Gasteiger partial charge >= 0.3 is 0 Å². The van der Waals surface area contributed by atoms with Gasteiger partial charge in [0.15, 0.2) is 0 Å². The van der Waals surface area contributed by atoms with Crippen LogP contribution < -0.4 is 10.5 Å². The van der Waals surface area contributed by atoms with Crippen molar-refractivity contribution >= 4 is 26.7 Å². The van der Waals surface area contributed by atoms with E-state index < -0.39 is 0 Å². The molecular weight excluding hydrogens is 306 g/mol. The van der Waals surface area contributed by atoms with Crippen LogP contribution in [0.2, 0.25) is 0 Å². The van der Waals surface area contributed by atoms with Gasteiger partial charge in [-0.2, -0.15) is 0 Å². The lowest BCUT2D eigenvalue weighted by atomic mass is 10.1. The molecule has 0 radical (unpaired) electrons. The lowest BCUT2D eigenvalue weighted by molar-refractivity contribution is 0.0335. The Morgan fingerprint density at radius 3 is 2.74 bits per heavy atom. The van der Waals surface area contributed by atoms with Crippen LogP contribution in [0, 0.1) is 0 Å². The van der Waals surface area contributed by atoms with Crippen molar-refractivity contribution in [3.05, 3.63) is 40.9 Å². The van der Waals surface area contributed by atoms with Crippen LogP contribution in [0.3, 0.4) is 0 Å². The summed E-state index contributed by atoms with van der Waals surface area (Å²) in [5, 5.41) is 2.32. The molecule has 0 aliphatic rings. The summed E-state index contributed by atoms with van der Waals surface area (Å²) in [6.45, 7) is 3.51. The Morgan fingerprint density at radius 2 is 2.00 bits per heavy atom. The molecule has 0 fully saturated rings. The average molecular weight is 324 g/mol. The maximum Gasteiger partial charge on any atom is 0.134 e. The number of hydrogen-bond donors (Lipinski definition) is 1. The number of hydrogen-bond acceptors (Lipinski definition) is 3. The van der Waals surface area contributed by atoms with E-state index in [0.29, 0.717) is 19.8 Å². The third-order valence-electron chi connectivity index (χ3n) is 2.92. The van der Waals surface area contributed by atoms with Gasteiger partial charge in [0, 0.05) is 13.2 Å². The molecule has 2 rings (SSSR count). The summed E-state index contributed by atoms with van der Waals surface area (Å²) in [5.74, 6) is 0.817. The number of nitrogens with two attached hydrogens (primary N) is 1. The van der Waals surface area contributed by atoms with Crippen molar-refractivity contribution < 1.29 is 9.47 Å². The SMILES string of the molecule is CCOC(CN)COc1ccc2ccccc2c1Br. The van der Waals surface area contributed by atoms with Crippen LogP contribution in [-0.2, 0) is 4.74 Å². The number of ether oxygens (including phenoxy) is 2. The Morgan fingerprint density at radius 1 is 1.21 bits per heavy atom. The Balaban J connectivity index is 2.14. The Bertz CT molecular complexity index is 545. The monoisotopic (exact) mass is 323 g/mol. The molecule has 0 spiro atoms. The van der Waals surface area contributed by atoms with Crippen molar-refractivity contribution in [1.29, 1.82) is 0 Å². The fourth-order valence-electron chi connectivity index (χ4n) is 1.93. The number of benzene rings is 2. The second kappa shape index (κ2) is 6.89. The van der Waals surface area contributed by atoms with E-state index in [1.54, 1.807) is 0 Å². The zero-order valence-electron chi connectivity index (χ0n) is 10.9. The molecule has 3 nitrogen and oxygen atoms in total. The Hall–Kier alpha value is -1.10. The number of halogens is 1. The van der Waals surface area contributed by atoms with E-state index in [4.69, 9.17) is 15.2 Å².